The van der Waals surface area contributed by atoms with Crippen molar-refractivity contribution < 1.29 is 37.6 Å². The van der Waals surface area contributed by atoms with E-state index in [1.165, 1.54) is 116 Å². The van der Waals surface area contributed by atoms with Crippen molar-refractivity contribution >= 4 is 19.8 Å². The zero-order valence-electron chi connectivity index (χ0n) is 40.7. The fourth-order valence-corrected chi connectivity index (χ4v) is 7.46. The van der Waals surface area contributed by atoms with Crippen LogP contribution < -0.4 is 0 Å². The van der Waals surface area contributed by atoms with Gasteiger partial charge < -0.3 is 19.3 Å². The molecule has 9 nitrogen and oxygen atoms in total. The Labute approximate surface area is 386 Å². The second-order valence-corrected chi connectivity index (χ2v) is 18.4. The molecule has 0 heterocycles. The summed E-state index contributed by atoms with van der Waals surface area (Å²) in [6, 6.07) is 0. The molecule has 0 aliphatic heterocycles. The Bertz CT molecular complexity index is 1270. The highest BCUT2D eigenvalue weighted by Gasteiger charge is 2.26. The summed E-state index contributed by atoms with van der Waals surface area (Å²) >= 11 is 0. The van der Waals surface area contributed by atoms with E-state index in [0.717, 1.165) is 57.8 Å². The summed E-state index contributed by atoms with van der Waals surface area (Å²) in [5.74, 6) is -0.897. The van der Waals surface area contributed by atoms with Crippen LogP contribution in [0.2, 0.25) is 0 Å². The average Bonchev–Trinajstić information content (AvgIpc) is 3.25. The average molecular weight is 904 g/mol. The van der Waals surface area contributed by atoms with Crippen LogP contribution in [-0.4, -0.2) is 68.3 Å². The monoisotopic (exact) mass is 904 g/mol. The maximum absolute atomic E-state index is 12.7. The van der Waals surface area contributed by atoms with E-state index in [1.54, 1.807) is 0 Å². The van der Waals surface area contributed by atoms with Crippen LogP contribution in [0.25, 0.3) is 0 Å². The van der Waals surface area contributed by atoms with E-state index in [-0.39, 0.29) is 32.0 Å². The number of phosphoric ester groups is 1. The molecule has 0 rings (SSSR count). The standard InChI is InChI=1S/C53H94NO8P/c1-5-7-9-11-13-15-17-19-21-23-25-26-28-29-31-33-35-37-39-41-43-45-52(55)59-49-51(50-61-63(57,58)60-48-47-54(3)4)62-53(56)46-44-42-40-38-36-34-32-30-27-24-22-20-18-16-14-12-10-8-6-2/h8,10,14,16,20,22,27,30,34,36,40,42,51H,5-7,9,11-13,15,17-19,21,23-26,28-29,31-33,35,37-39,41,43-50H2,1-4H3,(H,57,58)/b10-8-,16-14-,22-20-,30-27-,36-34-,42-40-. The minimum atomic E-state index is -4.39. The normalized spacial score (nSPS) is 13.9. The Morgan fingerprint density at radius 2 is 0.905 bits per heavy atom. The highest BCUT2D eigenvalue weighted by molar-refractivity contribution is 7.47. The number of carbonyl (C=O) groups is 2. The van der Waals surface area contributed by atoms with Gasteiger partial charge >= 0.3 is 19.8 Å². The highest BCUT2D eigenvalue weighted by atomic mass is 31.2. The number of hydrogen-bond donors (Lipinski definition) is 1. The molecule has 0 aliphatic carbocycles. The number of rotatable bonds is 46. The van der Waals surface area contributed by atoms with Gasteiger partial charge in [-0.25, -0.2) is 4.57 Å². The Kier molecular flexibility index (Phi) is 45.5. The predicted octanol–water partition coefficient (Wildman–Crippen LogP) is 15.2. The number of phosphoric acid groups is 1. The van der Waals surface area contributed by atoms with Gasteiger partial charge in [0.2, 0.25) is 0 Å². The van der Waals surface area contributed by atoms with Crippen molar-refractivity contribution in [3.8, 4) is 0 Å². The number of carbonyl (C=O) groups excluding carboxylic acids is 2. The molecular weight excluding hydrogens is 810 g/mol. The van der Waals surface area contributed by atoms with E-state index in [9.17, 15) is 19.0 Å². The van der Waals surface area contributed by atoms with Crippen molar-refractivity contribution in [3.63, 3.8) is 0 Å². The van der Waals surface area contributed by atoms with E-state index in [1.807, 2.05) is 31.1 Å². The zero-order chi connectivity index (χ0) is 46.2. The summed E-state index contributed by atoms with van der Waals surface area (Å²) < 4.78 is 33.5. The topological polar surface area (TPSA) is 112 Å². The van der Waals surface area contributed by atoms with E-state index in [2.05, 4.69) is 74.6 Å². The van der Waals surface area contributed by atoms with Crippen LogP contribution in [0.3, 0.4) is 0 Å². The molecule has 2 unspecified atom stereocenters. The number of allylic oxidation sites excluding steroid dienone is 12. The second-order valence-electron chi connectivity index (χ2n) is 17.0. The minimum absolute atomic E-state index is 0.00825. The number of esters is 2. The fraction of sp³-hybridized carbons (Fsp3) is 0.736. The predicted molar refractivity (Wildman–Crippen MR) is 266 cm³/mol. The van der Waals surface area contributed by atoms with Gasteiger partial charge in [0.25, 0.3) is 0 Å². The van der Waals surface area contributed by atoms with Gasteiger partial charge in [-0.1, -0.05) is 215 Å². The van der Waals surface area contributed by atoms with Gasteiger partial charge in [0.05, 0.1) is 13.2 Å². The van der Waals surface area contributed by atoms with Gasteiger partial charge in [-0.2, -0.15) is 0 Å². The van der Waals surface area contributed by atoms with Gasteiger partial charge in [0.1, 0.15) is 6.61 Å². The van der Waals surface area contributed by atoms with E-state index >= 15 is 0 Å². The molecule has 0 aliphatic rings. The third kappa shape index (κ3) is 48.7. The van der Waals surface area contributed by atoms with Crippen LogP contribution in [0.1, 0.15) is 206 Å². The summed E-state index contributed by atoms with van der Waals surface area (Å²) in [6.45, 7) is 4.14. The van der Waals surface area contributed by atoms with Crippen LogP contribution in [-0.2, 0) is 32.7 Å². The summed E-state index contributed by atoms with van der Waals surface area (Å²) in [4.78, 5) is 37.1. The lowest BCUT2D eigenvalue weighted by Crippen LogP contribution is -2.29. The summed E-state index contributed by atoms with van der Waals surface area (Å²) in [6.07, 6.45) is 58.3. The van der Waals surface area contributed by atoms with Crippen LogP contribution in [0.4, 0.5) is 0 Å². The first-order chi connectivity index (χ1) is 30.7. The number of likely N-dealkylation sites (N-methyl/N-ethyl adjacent to an activating group) is 1. The van der Waals surface area contributed by atoms with E-state index in [0.29, 0.717) is 13.0 Å². The molecule has 2 atom stereocenters. The second kappa shape index (κ2) is 47.4. The van der Waals surface area contributed by atoms with Gasteiger partial charge in [-0.15, -0.1) is 0 Å². The largest absolute Gasteiger partial charge is 0.472 e. The highest BCUT2D eigenvalue weighted by Crippen LogP contribution is 2.43. The van der Waals surface area contributed by atoms with Gasteiger partial charge in [-0.05, 0) is 65.5 Å². The maximum Gasteiger partial charge on any atom is 0.472 e. The van der Waals surface area contributed by atoms with Gasteiger partial charge in [0, 0.05) is 19.4 Å². The minimum Gasteiger partial charge on any atom is -0.462 e. The Morgan fingerprint density at radius 3 is 1.32 bits per heavy atom. The molecule has 0 saturated heterocycles. The summed E-state index contributed by atoms with van der Waals surface area (Å²) in [7, 11) is -0.753. The van der Waals surface area contributed by atoms with E-state index in [4.69, 9.17) is 18.5 Å². The number of nitrogens with zero attached hydrogens (tertiary/aromatic N) is 1. The van der Waals surface area contributed by atoms with E-state index < -0.39 is 26.5 Å². The molecule has 0 radical (unpaired) electrons. The Morgan fingerprint density at radius 1 is 0.508 bits per heavy atom. The maximum atomic E-state index is 12.7. The third-order valence-corrected chi connectivity index (χ3v) is 11.5. The molecule has 0 saturated carbocycles. The van der Waals surface area contributed by atoms with Gasteiger partial charge in [-0.3, -0.25) is 18.6 Å². The quantitative estimate of drug-likeness (QED) is 0.0276. The molecule has 1 N–H and O–H groups in total. The lowest BCUT2D eigenvalue weighted by molar-refractivity contribution is -0.161. The molecule has 0 aromatic heterocycles. The summed E-state index contributed by atoms with van der Waals surface area (Å²) in [5.41, 5.74) is 0. The van der Waals surface area contributed by atoms with Crippen molar-refractivity contribution in [3.05, 3.63) is 72.9 Å². The first-order valence-corrected chi connectivity index (χ1v) is 26.7. The van der Waals surface area contributed by atoms with Crippen LogP contribution in [0, 0.1) is 0 Å². The molecule has 364 valence electrons. The summed E-state index contributed by atoms with van der Waals surface area (Å²) in [5, 5.41) is 0. The van der Waals surface area contributed by atoms with Crippen LogP contribution >= 0.6 is 7.82 Å². The first-order valence-electron chi connectivity index (χ1n) is 25.2. The smallest absolute Gasteiger partial charge is 0.462 e. The molecule has 0 bridgehead atoms. The van der Waals surface area contributed by atoms with Crippen molar-refractivity contribution in [2.24, 2.45) is 0 Å². The van der Waals surface area contributed by atoms with Crippen molar-refractivity contribution in [1.82, 2.24) is 4.90 Å². The zero-order valence-corrected chi connectivity index (χ0v) is 41.6. The molecule has 10 heteroatoms. The molecule has 0 aromatic carbocycles. The van der Waals surface area contributed by atoms with Crippen molar-refractivity contribution in [2.45, 2.75) is 213 Å². The Hall–Kier alpha value is -2.55. The van der Waals surface area contributed by atoms with Crippen LogP contribution in [0.15, 0.2) is 72.9 Å². The number of ether oxygens (including phenoxy) is 2. The SMILES string of the molecule is CC/C=C\C/C=C\C/C=C\C/C=C\C/C=C\C/C=C\CCC(=O)OC(COC(=O)CCCCCCCCCCCCCCCCCCCCCCC)COP(=O)(O)OCCN(C)C. The number of unbranched alkanes of at least 4 members (excludes halogenated alkanes) is 20. The molecule has 0 aromatic rings. The molecule has 0 fully saturated rings. The molecule has 0 spiro atoms. The Balaban J connectivity index is 4.28. The lowest BCUT2D eigenvalue weighted by atomic mass is 10.0. The van der Waals surface area contributed by atoms with Crippen LogP contribution in [0.5, 0.6) is 0 Å². The molecule has 63 heavy (non-hydrogen) atoms. The molecular formula is C53H94NO8P. The number of hydrogen-bond acceptors (Lipinski definition) is 8. The van der Waals surface area contributed by atoms with Crippen molar-refractivity contribution in [2.75, 3.05) is 40.5 Å². The third-order valence-electron chi connectivity index (χ3n) is 10.5. The first kappa shape index (κ1) is 60.5. The fourth-order valence-electron chi connectivity index (χ4n) is 6.71. The van der Waals surface area contributed by atoms with Gasteiger partial charge in [0.15, 0.2) is 6.10 Å². The molecule has 0 amide bonds. The van der Waals surface area contributed by atoms with Crippen molar-refractivity contribution in [1.29, 1.82) is 0 Å². The lowest BCUT2D eigenvalue weighted by Gasteiger charge is -2.20.